The molecule has 7 nitrogen and oxygen atoms in total. The Morgan fingerprint density at radius 2 is 1.75 bits per heavy atom. The number of ether oxygens (including phenoxy) is 2. The SMILES string of the molecule is Cc1ccc(NS(=O)(=O)c2cccc(C(=O)N(C)CC3COc4ccccc4O3)c2)cc1. The first-order valence-electron chi connectivity index (χ1n) is 10.2. The standard InChI is InChI=1S/C24H24N2O5S/c1-17-10-12-19(13-11-17)25-32(28,29)21-7-5-6-18(14-21)24(27)26(2)15-20-16-30-22-8-3-4-9-23(22)31-20/h3-14,20,25H,15-16H2,1-2H3. The molecule has 1 unspecified atom stereocenters. The third kappa shape index (κ3) is 4.86. The monoisotopic (exact) mass is 452 g/mol. The highest BCUT2D eigenvalue weighted by atomic mass is 32.2. The maximum atomic E-state index is 13.0. The van der Waals surface area contributed by atoms with Crippen molar-refractivity contribution in [2.45, 2.75) is 17.9 Å². The van der Waals surface area contributed by atoms with Crippen LogP contribution in [0.15, 0.2) is 77.7 Å². The predicted octanol–water partition coefficient (Wildman–Crippen LogP) is 3.71. The van der Waals surface area contributed by atoms with E-state index in [-0.39, 0.29) is 22.5 Å². The highest BCUT2D eigenvalue weighted by molar-refractivity contribution is 7.92. The van der Waals surface area contributed by atoms with Crippen LogP contribution in [0.25, 0.3) is 0 Å². The summed E-state index contributed by atoms with van der Waals surface area (Å²) in [5.41, 5.74) is 1.76. The van der Waals surface area contributed by atoms with Gasteiger partial charge in [0, 0.05) is 18.3 Å². The molecule has 166 valence electrons. The van der Waals surface area contributed by atoms with Gasteiger partial charge in [-0.1, -0.05) is 35.9 Å². The van der Waals surface area contributed by atoms with E-state index in [2.05, 4.69) is 4.72 Å². The highest BCUT2D eigenvalue weighted by Crippen LogP contribution is 2.31. The van der Waals surface area contributed by atoms with Crippen molar-refractivity contribution in [3.8, 4) is 11.5 Å². The number of fused-ring (bicyclic) bond motifs is 1. The predicted molar refractivity (Wildman–Crippen MR) is 122 cm³/mol. The Balaban J connectivity index is 1.45. The molecule has 3 aromatic rings. The van der Waals surface area contributed by atoms with Crippen LogP contribution >= 0.6 is 0 Å². The zero-order valence-corrected chi connectivity index (χ0v) is 18.6. The van der Waals surface area contributed by atoms with E-state index in [9.17, 15) is 13.2 Å². The van der Waals surface area contributed by atoms with Crippen molar-refractivity contribution in [1.82, 2.24) is 4.90 Å². The number of nitrogens with zero attached hydrogens (tertiary/aromatic N) is 1. The topological polar surface area (TPSA) is 84.9 Å². The highest BCUT2D eigenvalue weighted by Gasteiger charge is 2.25. The van der Waals surface area contributed by atoms with Gasteiger partial charge in [0.1, 0.15) is 6.61 Å². The molecule has 0 saturated carbocycles. The Hall–Kier alpha value is -3.52. The summed E-state index contributed by atoms with van der Waals surface area (Å²) < 4.78 is 39.7. The lowest BCUT2D eigenvalue weighted by Gasteiger charge is -2.29. The number of carbonyl (C=O) groups is 1. The van der Waals surface area contributed by atoms with Gasteiger partial charge in [-0.05, 0) is 49.4 Å². The minimum Gasteiger partial charge on any atom is -0.486 e. The Bertz CT molecular complexity index is 1230. The molecule has 1 aliphatic rings. The van der Waals surface area contributed by atoms with E-state index >= 15 is 0 Å². The Morgan fingerprint density at radius 3 is 2.50 bits per heavy atom. The molecule has 3 aromatic carbocycles. The van der Waals surface area contributed by atoms with Crippen molar-refractivity contribution in [2.24, 2.45) is 0 Å². The number of sulfonamides is 1. The quantitative estimate of drug-likeness (QED) is 0.616. The number of aryl methyl sites for hydroxylation is 1. The number of hydrogen-bond acceptors (Lipinski definition) is 5. The molecular weight excluding hydrogens is 428 g/mol. The molecule has 1 atom stereocenters. The number of likely N-dealkylation sites (N-methyl/N-ethyl adjacent to an activating group) is 1. The van der Waals surface area contributed by atoms with Crippen LogP contribution in [-0.2, 0) is 10.0 Å². The summed E-state index contributed by atoms with van der Waals surface area (Å²) in [4.78, 5) is 14.5. The second-order valence-electron chi connectivity index (χ2n) is 7.68. The summed E-state index contributed by atoms with van der Waals surface area (Å²) in [5.74, 6) is 1.01. The number of benzene rings is 3. The van der Waals surface area contributed by atoms with E-state index in [1.165, 1.54) is 17.0 Å². The van der Waals surface area contributed by atoms with Crippen LogP contribution in [0.3, 0.4) is 0 Å². The smallest absolute Gasteiger partial charge is 0.261 e. The van der Waals surface area contributed by atoms with Crippen molar-refractivity contribution >= 4 is 21.6 Å². The minimum absolute atomic E-state index is 0.0171. The lowest BCUT2D eigenvalue weighted by molar-refractivity contribution is 0.0521. The van der Waals surface area contributed by atoms with Gasteiger partial charge in [0.2, 0.25) is 0 Å². The molecule has 1 N–H and O–H groups in total. The van der Waals surface area contributed by atoms with Gasteiger partial charge in [0.15, 0.2) is 17.6 Å². The number of hydrogen-bond donors (Lipinski definition) is 1. The molecule has 32 heavy (non-hydrogen) atoms. The van der Waals surface area contributed by atoms with Gasteiger partial charge >= 0.3 is 0 Å². The Kier molecular flexibility index (Phi) is 6.05. The van der Waals surface area contributed by atoms with Crippen LogP contribution in [0.5, 0.6) is 11.5 Å². The van der Waals surface area contributed by atoms with Crippen LogP contribution < -0.4 is 14.2 Å². The van der Waals surface area contributed by atoms with Gasteiger partial charge < -0.3 is 14.4 Å². The molecule has 8 heteroatoms. The number of carbonyl (C=O) groups excluding carboxylic acids is 1. The van der Waals surface area contributed by atoms with Crippen molar-refractivity contribution in [2.75, 3.05) is 24.9 Å². The first-order valence-corrected chi connectivity index (χ1v) is 11.6. The fourth-order valence-corrected chi connectivity index (χ4v) is 4.50. The molecule has 0 spiro atoms. The van der Waals surface area contributed by atoms with Crippen LogP contribution in [-0.4, -0.2) is 45.5 Å². The lowest BCUT2D eigenvalue weighted by Crippen LogP contribution is -2.41. The first-order chi connectivity index (χ1) is 15.3. The molecule has 4 rings (SSSR count). The number of para-hydroxylation sites is 2. The number of anilines is 1. The largest absolute Gasteiger partial charge is 0.486 e. The number of rotatable bonds is 6. The van der Waals surface area contributed by atoms with Crippen molar-refractivity contribution in [1.29, 1.82) is 0 Å². The lowest BCUT2D eigenvalue weighted by atomic mass is 10.2. The average Bonchev–Trinajstić information content (AvgIpc) is 2.80. The second-order valence-corrected chi connectivity index (χ2v) is 9.37. The van der Waals surface area contributed by atoms with Crippen molar-refractivity contribution in [3.63, 3.8) is 0 Å². The van der Waals surface area contributed by atoms with Crippen LogP contribution in [0.4, 0.5) is 5.69 Å². The molecule has 1 heterocycles. The fourth-order valence-electron chi connectivity index (χ4n) is 3.39. The van der Waals surface area contributed by atoms with E-state index in [0.29, 0.717) is 30.3 Å². The normalized spacial score (nSPS) is 15.1. The first kappa shape index (κ1) is 21.7. The molecule has 0 bridgehead atoms. The molecule has 1 amide bonds. The van der Waals surface area contributed by atoms with E-state index < -0.39 is 10.0 Å². The summed E-state index contributed by atoms with van der Waals surface area (Å²) in [7, 11) is -2.18. The zero-order chi connectivity index (χ0) is 22.7. The maximum absolute atomic E-state index is 13.0. The summed E-state index contributed by atoms with van der Waals surface area (Å²) in [6.45, 7) is 2.54. The average molecular weight is 453 g/mol. The van der Waals surface area contributed by atoms with Gasteiger partial charge in [0.25, 0.3) is 15.9 Å². The van der Waals surface area contributed by atoms with Gasteiger partial charge in [-0.15, -0.1) is 0 Å². The van der Waals surface area contributed by atoms with Crippen LogP contribution in [0.1, 0.15) is 15.9 Å². The number of amides is 1. The third-order valence-corrected chi connectivity index (χ3v) is 6.47. The Morgan fingerprint density at radius 1 is 1.03 bits per heavy atom. The van der Waals surface area contributed by atoms with Crippen molar-refractivity contribution in [3.05, 3.63) is 83.9 Å². The van der Waals surface area contributed by atoms with Crippen LogP contribution in [0.2, 0.25) is 0 Å². The Labute approximate surface area is 187 Å². The molecule has 0 radical (unpaired) electrons. The maximum Gasteiger partial charge on any atom is 0.261 e. The number of nitrogens with one attached hydrogen (secondary N) is 1. The summed E-state index contributed by atoms with van der Waals surface area (Å²) in [6.07, 6.45) is -0.325. The summed E-state index contributed by atoms with van der Waals surface area (Å²) in [5, 5.41) is 0. The molecule has 0 aromatic heterocycles. The van der Waals surface area contributed by atoms with Gasteiger partial charge in [-0.2, -0.15) is 0 Å². The summed E-state index contributed by atoms with van der Waals surface area (Å²) in [6, 6.07) is 20.4. The second kappa shape index (κ2) is 8.92. The fraction of sp³-hybridized carbons (Fsp3) is 0.208. The molecule has 1 aliphatic heterocycles. The van der Waals surface area contributed by atoms with E-state index in [1.54, 1.807) is 31.3 Å². The van der Waals surface area contributed by atoms with E-state index in [1.807, 2.05) is 43.3 Å². The zero-order valence-electron chi connectivity index (χ0n) is 17.8. The van der Waals surface area contributed by atoms with Gasteiger partial charge in [-0.25, -0.2) is 8.42 Å². The molecular formula is C24H24N2O5S. The van der Waals surface area contributed by atoms with Gasteiger partial charge in [0.05, 0.1) is 11.4 Å². The molecule has 0 saturated heterocycles. The third-order valence-electron chi connectivity index (χ3n) is 5.09. The van der Waals surface area contributed by atoms with Gasteiger partial charge in [-0.3, -0.25) is 9.52 Å². The minimum atomic E-state index is -3.83. The molecule has 0 fully saturated rings. The van der Waals surface area contributed by atoms with E-state index in [0.717, 1.165) is 5.56 Å². The van der Waals surface area contributed by atoms with Crippen LogP contribution in [0, 0.1) is 6.92 Å². The summed E-state index contributed by atoms with van der Waals surface area (Å²) >= 11 is 0. The van der Waals surface area contributed by atoms with E-state index in [4.69, 9.17) is 9.47 Å². The molecule has 0 aliphatic carbocycles. The van der Waals surface area contributed by atoms with Crippen molar-refractivity contribution < 1.29 is 22.7 Å².